The highest BCUT2D eigenvalue weighted by atomic mass is 32.1. The SMILES string of the molecule is Cn1c(=O)c2c(-c3nc(CO)cs3)n(COCC[Si](C)(C)C)cc2n(C)c1=O. The lowest BCUT2D eigenvalue weighted by Gasteiger charge is -2.16. The summed E-state index contributed by atoms with van der Waals surface area (Å²) in [5, 5.41) is 12.2. The van der Waals surface area contributed by atoms with Crippen LogP contribution >= 0.6 is 11.3 Å². The van der Waals surface area contributed by atoms with Crippen LogP contribution in [0.25, 0.3) is 21.6 Å². The third kappa shape index (κ3) is 3.90. The first kappa shape index (κ1) is 20.7. The van der Waals surface area contributed by atoms with Crippen LogP contribution in [-0.2, 0) is 32.2 Å². The Hall–Kier alpha value is -2.01. The number of aromatic nitrogens is 4. The number of hydrogen-bond acceptors (Lipinski definition) is 6. The van der Waals surface area contributed by atoms with Gasteiger partial charge >= 0.3 is 5.69 Å². The van der Waals surface area contributed by atoms with Gasteiger partial charge in [-0.1, -0.05) is 19.6 Å². The Labute approximate surface area is 167 Å². The van der Waals surface area contributed by atoms with Crippen molar-refractivity contribution in [2.45, 2.75) is 39.0 Å². The molecule has 0 fully saturated rings. The Kier molecular flexibility index (Phi) is 5.76. The van der Waals surface area contributed by atoms with Gasteiger partial charge in [0, 0.05) is 40.4 Å². The van der Waals surface area contributed by atoms with Crippen molar-refractivity contribution >= 4 is 30.3 Å². The first-order valence-electron chi connectivity index (χ1n) is 9.06. The standard InChI is InChI=1S/C18H26N4O4SSi/c1-20-13-8-22(11-26-6-7-28(3,4)5)15(16-19-12(9-23)10-27-16)14(13)17(24)21(2)18(20)25/h8,10,23H,6-7,9,11H2,1-5H3. The molecule has 0 aromatic carbocycles. The molecule has 3 heterocycles. The lowest BCUT2D eigenvalue weighted by molar-refractivity contribution is 0.0887. The van der Waals surface area contributed by atoms with Gasteiger partial charge in [0.05, 0.1) is 28.9 Å². The van der Waals surface area contributed by atoms with Crippen LogP contribution in [0.3, 0.4) is 0 Å². The summed E-state index contributed by atoms with van der Waals surface area (Å²) in [6.45, 7) is 7.60. The molecular weight excluding hydrogens is 396 g/mol. The molecule has 3 aromatic rings. The van der Waals surface area contributed by atoms with Crippen molar-refractivity contribution in [2.24, 2.45) is 14.1 Å². The maximum atomic E-state index is 12.9. The molecule has 0 aliphatic heterocycles. The summed E-state index contributed by atoms with van der Waals surface area (Å²) in [6.07, 6.45) is 1.77. The maximum absolute atomic E-state index is 12.9. The summed E-state index contributed by atoms with van der Waals surface area (Å²) >= 11 is 1.35. The second-order valence-corrected chi connectivity index (χ2v) is 14.5. The van der Waals surface area contributed by atoms with Gasteiger partial charge < -0.3 is 14.4 Å². The Morgan fingerprint density at radius 1 is 1.21 bits per heavy atom. The smallest absolute Gasteiger partial charge is 0.330 e. The molecule has 0 amide bonds. The summed E-state index contributed by atoms with van der Waals surface area (Å²) in [5.74, 6) is 0. The van der Waals surface area contributed by atoms with E-state index in [1.807, 2.05) is 4.57 Å². The average Bonchev–Trinajstić information content (AvgIpc) is 3.25. The zero-order valence-electron chi connectivity index (χ0n) is 16.9. The molecule has 0 spiro atoms. The van der Waals surface area contributed by atoms with Crippen molar-refractivity contribution in [1.82, 2.24) is 18.7 Å². The van der Waals surface area contributed by atoms with Gasteiger partial charge in [-0.15, -0.1) is 11.3 Å². The van der Waals surface area contributed by atoms with Crippen LogP contribution in [0.2, 0.25) is 25.7 Å². The van der Waals surface area contributed by atoms with Crippen LogP contribution < -0.4 is 11.2 Å². The lowest BCUT2D eigenvalue weighted by atomic mass is 10.3. The van der Waals surface area contributed by atoms with E-state index < -0.39 is 8.07 Å². The molecule has 10 heteroatoms. The zero-order chi connectivity index (χ0) is 20.6. The third-order valence-electron chi connectivity index (χ3n) is 4.66. The second kappa shape index (κ2) is 7.78. The van der Waals surface area contributed by atoms with Gasteiger partial charge in [0.15, 0.2) is 0 Å². The number of rotatable bonds is 7. The van der Waals surface area contributed by atoms with E-state index >= 15 is 0 Å². The predicted molar refractivity (Wildman–Crippen MR) is 114 cm³/mol. The van der Waals surface area contributed by atoms with E-state index in [1.54, 1.807) is 18.6 Å². The molecule has 28 heavy (non-hydrogen) atoms. The Morgan fingerprint density at radius 2 is 1.93 bits per heavy atom. The molecule has 0 aliphatic rings. The fourth-order valence-corrected chi connectivity index (χ4v) is 4.58. The van der Waals surface area contributed by atoms with E-state index in [9.17, 15) is 14.7 Å². The van der Waals surface area contributed by atoms with Gasteiger partial charge in [-0.05, 0) is 6.04 Å². The molecule has 152 valence electrons. The summed E-state index contributed by atoms with van der Waals surface area (Å²) in [6, 6.07) is 1.04. The largest absolute Gasteiger partial charge is 0.390 e. The second-order valence-electron chi connectivity index (χ2n) is 8.06. The molecule has 0 unspecified atom stereocenters. The molecule has 0 aliphatic carbocycles. The first-order chi connectivity index (χ1) is 13.1. The molecule has 0 saturated heterocycles. The number of aliphatic hydroxyl groups is 1. The molecular formula is C18H26N4O4SSi. The minimum absolute atomic E-state index is 0.168. The van der Waals surface area contributed by atoms with Crippen LogP contribution in [0.15, 0.2) is 21.2 Å². The Balaban J connectivity index is 2.12. The van der Waals surface area contributed by atoms with Crippen LogP contribution in [0.4, 0.5) is 0 Å². The summed E-state index contributed by atoms with van der Waals surface area (Å²) in [7, 11) is 1.90. The van der Waals surface area contributed by atoms with E-state index in [0.717, 1.165) is 10.6 Å². The molecule has 1 N–H and O–H groups in total. The highest BCUT2D eigenvalue weighted by Crippen LogP contribution is 2.30. The van der Waals surface area contributed by atoms with Gasteiger partial charge in [-0.3, -0.25) is 13.9 Å². The molecule has 0 radical (unpaired) electrons. The summed E-state index contributed by atoms with van der Waals surface area (Å²) in [5.41, 5.74) is 0.953. The number of hydrogen-bond donors (Lipinski definition) is 1. The Morgan fingerprint density at radius 3 is 2.54 bits per heavy atom. The fraction of sp³-hybridized carbons (Fsp3) is 0.500. The van der Waals surface area contributed by atoms with E-state index in [0.29, 0.717) is 33.9 Å². The van der Waals surface area contributed by atoms with Crippen molar-refractivity contribution < 1.29 is 9.84 Å². The van der Waals surface area contributed by atoms with Gasteiger partial charge in [0.1, 0.15) is 11.7 Å². The van der Waals surface area contributed by atoms with E-state index in [-0.39, 0.29) is 24.6 Å². The van der Waals surface area contributed by atoms with Crippen molar-refractivity contribution in [1.29, 1.82) is 0 Å². The zero-order valence-corrected chi connectivity index (χ0v) is 18.7. The first-order valence-corrected chi connectivity index (χ1v) is 13.6. The van der Waals surface area contributed by atoms with Crippen LogP contribution in [0, 0.1) is 0 Å². The number of ether oxygens (including phenoxy) is 1. The van der Waals surface area contributed by atoms with Crippen molar-refractivity contribution in [2.75, 3.05) is 6.61 Å². The minimum atomic E-state index is -1.21. The molecule has 0 bridgehead atoms. The van der Waals surface area contributed by atoms with Crippen LogP contribution in [0.1, 0.15) is 5.69 Å². The number of aryl methyl sites for hydroxylation is 1. The quantitative estimate of drug-likeness (QED) is 0.464. The monoisotopic (exact) mass is 422 g/mol. The van der Waals surface area contributed by atoms with Gasteiger partial charge in [-0.2, -0.15) is 0 Å². The van der Waals surface area contributed by atoms with E-state index in [1.165, 1.54) is 23.0 Å². The molecule has 0 saturated carbocycles. The topological polar surface area (TPSA) is 91.3 Å². The van der Waals surface area contributed by atoms with E-state index in [2.05, 4.69) is 24.6 Å². The fourth-order valence-electron chi connectivity index (χ4n) is 2.95. The maximum Gasteiger partial charge on any atom is 0.330 e. The lowest BCUT2D eigenvalue weighted by Crippen LogP contribution is -2.36. The Bertz CT molecular complexity index is 1120. The molecule has 3 aromatic heterocycles. The van der Waals surface area contributed by atoms with Gasteiger partial charge in [0.25, 0.3) is 5.56 Å². The summed E-state index contributed by atoms with van der Waals surface area (Å²) in [4.78, 5) is 29.6. The number of fused-ring (bicyclic) bond motifs is 1. The normalized spacial score (nSPS) is 12.2. The van der Waals surface area contributed by atoms with Crippen molar-refractivity contribution in [3.05, 3.63) is 38.1 Å². The predicted octanol–water partition coefficient (Wildman–Crippen LogP) is 1.97. The highest BCUT2D eigenvalue weighted by molar-refractivity contribution is 7.13. The highest BCUT2D eigenvalue weighted by Gasteiger charge is 2.22. The average molecular weight is 423 g/mol. The van der Waals surface area contributed by atoms with Gasteiger partial charge in [-0.25, -0.2) is 9.78 Å². The minimum Gasteiger partial charge on any atom is -0.390 e. The molecule has 3 rings (SSSR count). The van der Waals surface area contributed by atoms with Crippen LogP contribution in [-0.4, -0.2) is 38.5 Å². The number of thiazole rings is 1. The summed E-state index contributed by atoms with van der Waals surface area (Å²) < 4.78 is 10.3. The van der Waals surface area contributed by atoms with Gasteiger partial charge in [0.2, 0.25) is 0 Å². The van der Waals surface area contributed by atoms with Crippen molar-refractivity contribution in [3.63, 3.8) is 0 Å². The van der Waals surface area contributed by atoms with Crippen LogP contribution in [0.5, 0.6) is 0 Å². The number of nitrogens with zero attached hydrogens (tertiary/aromatic N) is 4. The molecule has 8 nitrogen and oxygen atoms in total. The molecule has 0 atom stereocenters. The van der Waals surface area contributed by atoms with Crippen molar-refractivity contribution in [3.8, 4) is 10.7 Å². The number of aliphatic hydroxyl groups excluding tert-OH is 1. The van der Waals surface area contributed by atoms with E-state index in [4.69, 9.17) is 4.74 Å². The third-order valence-corrected chi connectivity index (χ3v) is 7.26.